The molecule has 2 aromatic rings. The van der Waals surface area contributed by atoms with Crippen LogP contribution < -0.4 is 22.1 Å². The first kappa shape index (κ1) is 48.6. The van der Waals surface area contributed by atoms with Crippen LogP contribution in [0.15, 0.2) is 29.6 Å². The van der Waals surface area contributed by atoms with E-state index in [1.54, 1.807) is 5.38 Å². The summed E-state index contributed by atoms with van der Waals surface area (Å²) in [6, 6.07) is 7.88. The van der Waals surface area contributed by atoms with Gasteiger partial charge < -0.3 is 55.3 Å². The van der Waals surface area contributed by atoms with Crippen LogP contribution in [0.2, 0.25) is 0 Å². The molecule has 1 unspecified atom stereocenters. The molecule has 0 spiro atoms. The van der Waals surface area contributed by atoms with E-state index < -0.39 is 0 Å². The van der Waals surface area contributed by atoms with E-state index in [4.69, 9.17) is 44.6 Å². The molecule has 0 fully saturated rings. The van der Waals surface area contributed by atoms with Gasteiger partial charge in [-0.25, -0.2) is 4.98 Å². The van der Waals surface area contributed by atoms with Crippen LogP contribution in [0.1, 0.15) is 79.7 Å². The zero-order chi connectivity index (χ0) is 40.1. The van der Waals surface area contributed by atoms with Crippen LogP contribution >= 0.6 is 11.3 Å². The molecule has 15 heteroatoms. The first-order valence-corrected chi connectivity index (χ1v) is 20.7. The Morgan fingerprint density at radius 2 is 1.33 bits per heavy atom. The van der Waals surface area contributed by atoms with Crippen molar-refractivity contribution >= 4 is 23.2 Å². The number of aryl methyl sites for hydroxylation is 1. The highest BCUT2D eigenvalue weighted by molar-refractivity contribution is 7.09. The number of nitrogens with zero attached hydrogens (tertiary/aromatic N) is 1. The summed E-state index contributed by atoms with van der Waals surface area (Å²) in [6.45, 7) is 17.3. The first-order chi connectivity index (χ1) is 26.6. The minimum Gasteiger partial charge on any atom is -0.378 e. The molecule has 1 aromatic heterocycles. The van der Waals surface area contributed by atoms with Crippen LogP contribution in [0, 0.1) is 18.8 Å². The molecule has 2 rings (SSSR count). The SMILES string of the molecule is CCCOC(C[C@@H](N)C(C)C)c1nc(C(=O)N[C@@H](Cc2ccc(C)cc2)C[C@H](C)C(=O)NCCOCCOCCOCCOCCOCCOCCN)cs1. The molecule has 1 aromatic carbocycles. The van der Waals surface area contributed by atoms with Crippen molar-refractivity contribution in [2.24, 2.45) is 23.3 Å². The van der Waals surface area contributed by atoms with E-state index in [1.807, 2.05) is 13.8 Å². The number of ether oxygens (including phenoxy) is 7. The van der Waals surface area contributed by atoms with Gasteiger partial charge in [0.25, 0.3) is 5.91 Å². The Morgan fingerprint density at radius 3 is 1.85 bits per heavy atom. The van der Waals surface area contributed by atoms with Crippen LogP contribution in [0.25, 0.3) is 0 Å². The van der Waals surface area contributed by atoms with Gasteiger partial charge in [0.05, 0.1) is 79.3 Å². The predicted octanol–water partition coefficient (Wildman–Crippen LogP) is 3.83. The lowest BCUT2D eigenvalue weighted by molar-refractivity contribution is -0.125. The fourth-order valence-electron chi connectivity index (χ4n) is 5.26. The minimum absolute atomic E-state index is 0.0426. The van der Waals surface area contributed by atoms with Gasteiger partial charge in [-0.2, -0.15) is 0 Å². The zero-order valence-electron chi connectivity index (χ0n) is 33.9. The number of nitrogens with two attached hydrogens (primary N) is 2. The van der Waals surface area contributed by atoms with Gasteiger partial charge in [0, 0.05) is 43.1 Å². The Labute approximate surface area is 333 Å². The van der Waals surface area contributed by atoms with Crippen LogP contribution in [0.4, 0.5) is 0 Å². The number of aromatic nitrogens is 1. The summed E-state index contributed by atoms with van der Waals surface area (Å²) in [7, 11) is 0. The first-order valence-electron chi connectivity index (χ1n) is 19.8. The summed E-state index contributed by atoms with van der Waals surface area (Å²) in [5, 5.41) is 8.64. The van der Waals surface area contributed by atoms with Crippen molar-refractivity contribution in [3.05, 3.63) is 51.5 Å². The lowest BCUT2D eigenvalue weighted by Crippen LogP contribution is -2.41. The second-order valence-electron chi connectivity index (χ2n) is 13.8. The Balaban J connectivity index is 1.70. The number of benzene rings is 1. The number of thiazole rings is 1. The molecular weight excluding hydrogens is 727 g/mol. The molecule has 4 atom stereocenters. The van der Waals surface area contributed by atoms with Crippen molar-refractivity contribution in [2.45, 2.75) is 78.5 Å². The molecule has 55 heavy (non-hydrogen) atoms. The Bertz CT molecular complexity index is 1270. The van der Waals surface area contributed by atoms with Crippen molar-refractivity contribution < 1.29 is 42.7 Å². The Kier molecular flexibility index (Phi) is 27.0. The second kappa shape index (κ2) is 30.6. The van der Waals surface area contributed by atoms with Crippen molar-refractivity contribution in [1.29, 1.82) is 0 Å². The molecule has 0 bridgehead atoms. The molecular formula is C40H69N5O9S. The van der Waals surface area contributed by atoms with Crippen LogP contribution in [0.5, 0.6) is 0 Å². The molecule has 0 aliphatic carbocycles. The monoisotopic (exact) mass is 795 g/mol. The van der Waals surface area contributed by atoms with Gasteiger partial charge in [-0.3, -0.25) is 9.59 Å². The third-order valence-corrected chi connectivity index (χ3v) is 9.52. The molecule has 1 heterocycles. The third-order valence-electron chi connectivity index (χ3n) is 8.59. The van der Waals surface area contributed by atoms with Gasteiger partial charge >= 0.3 is 0 Å². The fourth-order valence-corrected chi connectivity index (χ4v) is 6.12. The number of nitrogens with one attached hydrogen (secondary N) is 2. The molecule has 0 aliphatic heterocycles. The molecule has 0 aliphatic rings. The highest BCUT2D eigenvalue weighted by atomic mass is 32.1. The molecule has 6 N–H and O–H groups in total. The molecule has 0 radical (unpaired) electrons. The van der Waals surface area contributed by atoms with E-state index in [9.17, 15) is 9.59 Å². The van der Waals surface area contributed by atoms with Crippen molar-refractivity contribution in [3.63, 3.8) is 0 Å². The van der Waals surface area contributed by atoms with E-state index in [1.165, 1.54) is 11.3 Å². The maximum atomic E-state index is 13.5. The number of hydrogen-bond donors (Lipinski definition) is 4. The van der Waals surface area contributed by atoms with E-state index >= 15 is 0 Å². The normalized spacial score (nSPS) is 13.8. The van der Waals surface area contributed by atoms with E-state index in [0.717, 1.165) is 22.6 Å². The summed E-state index contributed by atoms with van der Waals surface area (Å²) >= 11 is 1.41. The summed E-state index contributed by atoms with van der Waals surface area (Å²) in [5.74, 6) is -0.420. The summed E-state index contributed by atoms with van der Waals surface area (Å²) < 4.78 is 38.9. The highest BCUT2D eigenvalue weighted by Crippen LogP contribution is 2.28. The fraction of sp³-hybridized carbons (Fsp3) is 0.725. The summed E-state index contributed by atoms with van der Waals surface area (Å²) in [5.41, 5.74) is 14.3. The molecule has 2 amide bonds. The molecule has 314 valence electrons. The van der Waals surface area contributed by atoms with Crippen molar-refractivity contribution in [2.75, 3.05) is 99.0 Å². The number of hydrogen-bond acceptors (Lipinski definition) is 13. The van der Waals surface area contributed by atoms with Gasteiger partial charge in [-0.1, -0.05) is 57.5 Å². The zero-order valence-corrected chi connectivity index (χ0v) is 34.7. The predicted molar refractivity (Wildman–Crippen MR) is 215 cm³/mol. The summed E-state index contributed by atoms with van der Waals surface area (Å²) in [4.78, 5) is 31.2. The lowest BCUT2D eigenvalue weighted by atomic mass is 9.95. The number of carbonyl (C=O) groups excluding carboxylic acids is 2. The number of rotatable bonds is 34. The number of amides is 2. The molecule has 0 saturated carbocycles. The Morgan fingerprint density at radius 1 is 0.782 bits per heavy atom. The standard InChI is InChI=1S/C40H69N5O9S/c1-6-13-54-37(28-35(42)30(2)3)40-45-36(29-55-40)39(47)44-34(27-33-9-7-31(4)8-10-33)26-32(5)38(46)43-12-15-49-17-19-51-21-23-53-25-24-52-22-20-50-18-16-48-14-11-41/h7-10,29-30,32,34-35,37H,6,11-28,41-42H2,1-5H3,(H,43,46)(H,44,47)/t32-,34+,35+,37?/m0/s1. The average molecular weight is 796 g/mol. The van der Waals surface area contributed by atoms with Gasteiger partial charge in [-0.05, 0) is 44.1 Å². The maximum Gasteiger partial charge on any atom is 0.270 e. The molecule has 0 saturated heterocycles. The largest absolute Gasteiger partial charge is 0.378 e. The Hall–Kier alpha value is -2.57. The van der Waals surface area contributed by atoms with Crippen LogP contribution in [-0.4, -0.2) is 128 Å². The van der Waals surface area contributed by atoms with Crippen LogP contribution in [0.3, 0.4) is 0 Å². The quantitative estimate of drug-likeness (QED) is 0.0752. The average Bonchev–Trinajstić information content (AvgIpc) is 3.67. The lowest BCUT2D eigenvalue weighted by Gasteiger charge is -2.23. The van der Waals surface area contributed by atoms with E-state index in [2.05, 4.69) is 60.7 Å². The molecule has 14 nitrogen and oxygen atoms in total. The minimum atomic E-state index is -0.347. The highest BCUT2D eigenvalue weighted by Gasteiger charge is 2.25. The van der Waals surface area contributed by atoms with E-state index in [0.29, 0.717) is 130 Å². The smallest absolute Gasteiger partial charge is 0.270 e. The number of carbonyl (C=O) groups is 2. The summed E-state index contributed by atoms with van der Waals surface area (Å²) in [6.07, 6.45) is 2.28. The van der Waals surface area contributed by atoms with Gasteiger partial charge in [0.15, 0.2) is 0 Å². The second-order valence-corrected chi connectivity index (χ2v) is 14.7. The maximum absolute atomic E-state index is 13.5. The van der Waals surface area contributed by atoms with Crippen molar-refractivity contribution in [3.8, 4) is 0 Å². The topological polar surface area (TPSA) is 188 Å². The van der Waals surface area contributed by atoms with Gasteiger partial charge in [0.1, 0.15) is 16.8 Å². The van der Waals surface area contributed by atoms with Gasteiger partial charge in [-0.15, -0.1) is 11.3 Å². The van der Waals surface area contributed by atoms with Crippen molar-refractivity contribution in [1.82, 2.24) is 15.6 Å². The third kappa shape index (κ3) is 22.7. The van der Waals surface area contributed by atoms with E-state index in [-0.39, 0.29) is 35.9 Å². The van der Waals surface area contributed by atoms with Gasteiger partial charge in [0.2, 0.25) is 5.91 Å². The van der Waals surface area contributed by atoms with Crippen LogP contribution in [-0.2, 0) is 44.4 Å².